The van der Waals surface area contributed by atoms with Gasteiger partial charge < -0.3 is 22.8 Å². The van der Waals surface area contributed by atoms with Gasteiger partial charge in [0.25, 0.3) is 0 Å². The average molecular weight is 970 g/mol. The van der Waals surface area contributed by atoms with Gasteiger partial charge >= 0.3 is 0 Å². The minimum Gasteiger partial charge on any atom is -0.309 e. The van der Waals surface area contributed by atoms with Crippen LogP contribution in [0.25, 0.3) is 139 Å². The van der Waals surface area contributed by atoms with E-state index >= 15 is 0 Å². The van der Waals surface area contributed by atoms with Gasteiger partial charge in [-0.1, -0.05) is 170 Å². The van der Waals surface area contributed by atoms with Crippen molar-refractivity contribution >= 4 is 110 Å². The first-order valence-electron chi connectivity index (χ1n) is 25.6. The molecule has 0 unspecified atom stereocenters. The van der Waals surface area contributed by atoms with Crippen molar-refractivity contribution in [2.24, 2.45) is 0 Å². The molecule has 0 fully saturated rings. The Hall–Kier alpha value is -10.6. The van der Waals surface area contributed by atoms with Gasteiger partial charge in [-0.2, -0.15) is 10.5 Å². The van der Waals surface area contributed by atoms with Crippen LogP contribution >= 0.6 is 0 Å². The standard InChI is InChI=1S/C69H43N7/c1-3-22-55-44(4-2)45-25-8-16-33-57(45)73(55)66-53(41-70)68(75-60-36-19-11-28-48(60)49-29-12-20-37-61(49)75)69(54(42-71)67(66)74-58-34-17-9-26-46(58)47-27-10-18-35-59(47)74)76-62-38-21-14-31-52(62)64-63(76)40-39-51-50-30-13-15-32-56(50)72(65(51)64)43-23-6-5-7-24-43/h3-40H,2H2,1H3/b22-3-. The molecular weight excluding hydrogens is 927 g/mol. The zero-order valence-electron chi connectivity index (χ0n) is 41.3. The van der Waals surface area contributed by atoms with E-state index in [0.717, 1.165) is 115 Å². The Kier molecular flexibility index (Phi) is 9.32. The van der Waals surface area contributed by atoms with E-state index in [0.29, 0.717) is 33.9 Å². The summed E-state index contributed by atoms with van der Waals surface area (Å²) in [6.07, 6.45) is 6.03. The van der Waals surface area contributed by atoms with Crippen molar-refractivity contribution in [2.75, 3.05) is 0 Å². The molecule has 354 valence electrons. The summed E-state index contributed by atoms with van der Waals surface area (Å²) in [5.74, 6) is 0. The SMILES string of the molecule is C=Cc1c(/C=C\C)n(-c2c(C#N)c(-n3c4ccccc4c4ccccc43)c(-n3c4ccccc4c4c3ccc3c5ccccc5n(-c5ccccc5)c34)c(C#N)c2-n2c3ccccc3c3ccccc32)c2ccccc12. The molecule has 0 saturated heterocycles. The largest absolute Gasteiger partial charge is 0.309 e. The van der Waals surface area contributed by atoms with Crippen molar-refractivity contribution in [3.63, 3.8) is 0 Å². The first-order chi connectivity index (χ1) is 37.6. The van der Waals surface area contributed by atoms with Crippen LogP contribution in [0, 0.1) is 22.7 Å². The van der Waals surface area contributed by atoms with Crippen LogP contribution in [-0.4, -0.2) is 22.8 Å². The van der Waals surface area contributed by atoms with Crippen molar-refractivity contribution in [2.45, 2.75) is 6.92 Å². The van der Waals surface area contributed by atoms with E-state index in [4.69, 9.17) is 0 Å². The van der Waals surface area contributed by atoms with Gasteiger partial charge in [-0.05, 0) is 73.7 Å². The third kappa shape index (κ3) is 5.68. The van der Waals surface area contributed by atoms with E-state index in [9.17, 15) is 10.5 Å². The van der Waals surface area contributed by atoms with Crippen molar-refractivity contribution in [3.8, 4) is 40.6 Å². The third-order valence-electron chi connectivity index (χ3n) is 15.6. The highest BCUT2D eigenvalue weighted by atomic mass is 15.1. The second-order valence-corrected chi connectivity index (χ2v) is 19.4. The van der Waals surface area contributed by atoms with Gasteiger partial charge in [0.2, 0.25) is 0 Å². The molecule has 7 heteroatoms. The molecule has 15 aromatic rings. The number of hydrogen-bond donors (Lipinski definition) is 0. The zero-order chi connectivity index (χ0) is 50.8. The second kappa shape index (κ2) is 16.5. The number of hydrogen-bond acceptors (Lipinski definition) is 2. The van der Waals surface area contributed by atoms with Gasteiger partial charge in [-0.15, -0.1) is 0 Å². The summed E-state index contributed by atoms with van der Waals surface area (Å²) in [5.41, 5.74) is 14.4. The first-order valence-corrected chi connectivity index (χ1v) is 25.6. The van der Waals surface area contributed by atoms with Gasteiger partial charge in [-0.3, -0.25) is 0 Å². The highest BCUT2D eigenvalue weighted by Gasteiger charge is 2.35. The van der Waals surface area contributed by atoms with E-state index in [-0.39, 0.29) is 0 Å². The molecule has 0 radical (unpaired) electrons. The molecular formula is C69H43N7. The Morgan fingerprint density at radius 2 is 0.711 bits per heavy atom. The Bertz CT molecular complexity index is 5000. The number of benzene rings is 10. The number of aromatic nitrogens is 5. The molecule has 0 spiro atoms. The summed E-state index contributed by atoms with van der Waals surface area (Å²) in [6, 6.07) is 80.0. The summed E-state index contributed by atoms with van der Waals surface area (Å²) < 4.78 is 11.4. The fourth-order valence-corrected chi connectivity index (χ4v) is 12.8. The fourth-order valence-electron chi connectivity index (χ4n) is 12.8. The Balaban J connectivity index is 1.26. The number of para-hydroxylation sites is 8. The molecule has 10 aromatic carbocycles. The first kappa shape index (κ1) is 43.0. The quantitative estimate of drug-likeness (QED) is 0.160. The smallest absolute Gasteiger partial charge is 0.104 e. The van der Waals surface area contributed by atoms with E-state index in [2.05, 4.69) is 248 Å². The number of rotatable bonds is 7. The number of nitrogens with zero attached hydrogens (tertiary/aromatic N) is 7. The van der Waals surface area contributed by atoms with E-state index < -0.39 is 0 Å². The van der Waals surface area contributed by atoms with Crippen molar-refractivity contribution in [3.05, 3.63) is 247 Å². The lowest BCUT2D eigenvalue weighted by Gasteiger charge is -2.27. The monoisotopic (exact) mass is 969 g/mol. The van der Waals surface area contributed by atoms with E-state index in [1.54, 1.807) is 0 Å². The van der Waals surface area contributed by atoms with Crippen LogP contribution in [0.3, 0.4) is 0 Å². The van der Waals surface area contributed by atoms with Gasteiger partial charge in [-0.25, -0.2) is 0 Å². The molecule has 5 aromatic heterocycles. The molecule has 0 aliphatic rings. The minimum atomic E-state index is 0.393. The minimum absolute atomic E-state index is 0.393. The maximum absolute atomic E-state index is 12.8. The molecule has 0 bridgehead atoms. The van der Waals surface area contributed by atoms with Crippen LogP contribution in [-0.2, 0) is 0 Å². The number of allylic oxidation sites excluding steroid dienone is 1. The summed E-state index contributed by atoms with van der Waals surface area (Å²) in [4.78, 5) is 0. The summed E-state index contributed by atoms with van der Waals surface area (Å²) in [6.45, 7) is 6.39. The van der Waals surface area contributed by atoms with Gasteiger partial charge in [0, 0.05) is 59.7 Å². The lowest BCUT2D eigenvalue weighted by molar-refractivity contribution is 1.00. The van der Waals surface area contributed by atoms with Gasteiger partial charge in [0.1, 0.15) is 23.3 Å². The second-order valence-electron chi connectivity index (χ2n) is 19.4. The predicted molar refractivity (Wildman–Crippen MR) is 315 cm³/mol. The molecule has 0 N–H and O–H groups in total. The molecule has 0 atom stereocenters. The molecule has 76 heavy (non-hydrogen) atoms. The average Bonchev–Trinajstić information content (AvgIpc) is 4.30. The van der Waals surface area contributed by atoms with Gasteiger partial charge in [0.05, 0.1) is 78.1 Å². The van der Waals surface area contributed by atoms with Crippen LogP contribution in [0.1, 0.15) is 29.3 Å². The molecule has 0 amide bonds. The Labute approximate surface area is 436 Å². The summed E-state index contributed by atoms with van der Waals surface area (Å²) >= 11 is 0. The fraction of sp³-hybridized carbons (Fsp3) is 0.0145. The molecule has 5 heterocycles. The summed E-state index contributed by atoms with van der Waals surface area (Å²) in [7, 11) is 0. The van der Waals surface area contributed by atoms with E-state index in [1.807, 2.05) is 31.2 Å². The van der Waals surface area contributed by atoms with Crippen LogP contribution < -0.4 is 0 Å². The topological polar surface area (TPSA) is 72.2 Å². The Morgan fingerprint density at radius 1 is 0.355 bits per heavy atom. The van der Waals surface area contributed by atoms with Crippen molar-refractivity contribution in [1.29, 1.82) is 10.5 Å². The highest BCUT2D eigenvalue weighted by Crippen LogP contribution is 2.50. The van der Waals surface area contributed by atoms with Crippen LogP contribution in [0.15, 0.2) is 225 Å². The highest BCUT2D eigenvalue weighted by molar-refractivity contribution is 6.26. The number of fused-ring (bicyclic) bond motifs is 14. The van der Waals surface area contributed by atoms with Gasteiger partial charge in [0.15, 0.2) is 0 Å². The molecule has 7 nitrogen and oxygen atoms in total. The normalized spacial score (nSPS) is 12.0. The zero-order valence-corrected chi connectivity index (χ0v) is 41.3. The summed E-state index contributed by atoms with van der Waals surface area (Å²) in [5, 5.41) is 34.9. The van der Waals surface area contributed by atoms with Crippen molar-refractivity contribution in [1.82, 2.24) is 22.8 Å². The van der Waals surface area contributed by atoms with Crippen LogP contribution in [0.4, 0.5) is 0 Å². The molecule has 0 saturated carbocycles. The maximum Gasteiger partial charge on any atom is 0.104 e. The molecule has 0 aliphatic carbocycles. The van der Waals surface area contributed by atoms with Crippen LogP contribution in [0.5, 0.6) is 0 Å². The molecule has 0 aliphatic heterocycles. The maximum atomic E-state index is 12.8. The molecule has 15 rings (SSSR count). The lowest BCUT2D eigenvalue weighted by atomic mass is 9.98. The predicted octanol–water partition coefficient (Wildman–Crippen LogP) is 17.4. The van der Waals surface area contributed by atoms with Crippen LogP contribution in [0.2, 0.25) is 0 Å². The third-order valence-corrected chi connectivity index (χ3v) is 15.6. The lowest BCUT2D eigenvalue weighted by Crippen LogP contribution is -2.17. The van der Waals surface area contributed by atoms with E-state index in [1.165, 1.54) is 0 Å². The Morgan fingerprint density at radius 3 is 1.16 bits per heavy atom. The number of nitriles is 2. The van der Waals surface area contributed by atoms with Crippen molar-refractivity contribution < 1.29 is 0 Å².